The molecule has 0 spiro atoms. The second-order valence-electron chi connectivity index (χ2n) is 7.04. The van der Waals surface area contributed by atoms with Crippen LogP contribution in [0.4, 0.5) is 0 Å². The third kappa shape index (κ3) is 4.55. The van der Waals surface area contributed by atoms with Crippen LogP contribution in [0, 0.1) is 6.92 Å². The minimum atomic E-state index is 0. The predicted molar refractivity (Wildman–Crippen MR) is 131 cm³/mol. The van der Waals surface area contributed by atoms with Crippen LogP contribution < -0.4 is 10.6 Å². The minimum absolute atomic E-state index is 0. The SMILES string of the molecule is CN=C(NCCc1c[nH]c2cc(C)ccc12)NCc1nc2ccccc2n1C.I. The molecule has 0 aliphatic rings. The van der Waals surface area contributed by atoms with Crippen LogP contribution in [0.15, 0.2) is 53.7 Å². The first-order chi connectivity index (χ1) is 13.7. The molecule has 152 valence electrons. The lowest BCUT2D eigenvalue weighted by Gasteiger charge is -2.11. The lowest BCUT2D eigenvalue weighted by atomic mass is 10.1. The van der Waals surface area contributed by atoms with E-state index >= 15 is 0 Å². The monoisotopic (exact) mass is 502 g/mol. The summed E-state index contributed by atoms with van der Waals surface area (Å²) in [7, 11) is 3.83. The maximum Gasteiger partial charge on any atom is 0.191 e. The van der Waals surface area contributed by atoms with Gasteiger partial charge in [-0.3, -0.25) is 4.99 Å². The summed E-state index contributed by atoms with van der Waals surface area (Å²) in [4.78, 5) is 12.4. The van der Waals surface area contributed by atoms with Crippen molar-refractivity contribution in [3.05, 3.63) is 65.6 Å². The Morgan fingerprint density at radius 2 is 2.00 bits per heavy atom. The first kappa shape index (κ1) is 21.2. The number of nitrogens with one attached hydrogen (secondary N) is 3. The van der Waals surface area contributed by atoms with Gasteiger partial charge in [0.25, 0.3) is 0 Å². The molecule has 0 radical (unpaired) electrons. The van der Waals surface area contributed by atoms with E-state index in [4.69, 9.17) is 4.98 Å². The van der Waals surface area contributed by atoms with Gasteiger partial charge in [0.2, 0.25) is 0 Å². The molecule has 4 aromatic rings. The molecular formula is C22H27IN6. The van der Waals surface area contributed by atoms with E-state index in [1.165, 1.54) is 22.0 Å². The number of hydrogen-bond donors (Lipinski definition) is 3. The Kier molecular flexibility index (Phi) is 6.79. The highest BCUT2D eigenvalue weighted by atomic mass is 127. The maximum atomic E-state index is 4.69. The third-order valence-electron chi connectivity index (χ3n) is 5.13. The quantitative estimate of drug-likeness (QED) is 0.220. The van der Waals surface area contributed by atoms with Crippen LogP contribution in [0.25, 0.3) is 21.9 Å². The van der Waals surface area contributed by atoms with Crippen molar-refractivity contribution in [3.63, 3.8) is 0 Å². The van der Waals surface area contributed by atoms with Gasteiger partial charge in [0, 0.05) is 37.7 Å². The maximum absolute atomic E-state index is 4.69. The zero-order valence-corrected chi connectivity index (χ0v) is 19.3. The molecule has 2 aromatic carbocycles. The molecule has 29 heavy (non-hydrogen) atoms. The molecule has 0 fully saturated rings. The molecule has 0 bridgehead atoms. The molecule has 7 heteroatoms. The largest absolute Gasteiger partial charge is 0.361 e. The van der Waals surface area contributed by atoms with Crippen molar-refractivity contribution in [1.82, 2.24) is 25.2 Å². The second-order valence-corrected chi connectivity index (χ2v) is 7.04. The Labute approximate surface area is 187 Å². The molecule has 3 N–H and O–H groups in total. The summed E-state index contributed by atoms with van der Waals surface area (Å²) in [5, 5.41) is 8.04. The first-order valence-electron chi connectivity index (χ1n) is 9.57. The highest BCUT2D eigenvalue weighted by Gasteiger charge is 2.08. The minimum Gasteiger partial charge on any atom is -0.361 e. The summed E-state index contributed by atoms with van der Waals surface area (Å²) in [6, 6.07) is 14.7. The number of aryl methyl sites for hydroxylation is 2. The highest BCUT2D eigenvalue weighted by Crippen LogP contribution is 2.19. The first-order valence-corrected chi connectivity index (χ1v) is 9.57. The van der Waals surface area contributed by atoms with Crippen LogP contribution in [0.2, 0.25) is 0 Å². The summed E-state index contributed by atoms with van der Waals surface area (Å²) >= 11 is 0. The molecule has 0 saturated carbocycles. The van der Waals surface area contributed by atoms with E-state index in [-0.39, 0.29) is 24.0 Å². The summed E-state index contributed by atoms with van der Waals surface area (Å²) < 4.78 is 2.11. The molecule has 2 aromatic heterocycles. The van der Waals surface area contributed by atoms with E-state index in [9.17, 15) is 0 Å². The molecule has 0 amide bonds. The number of aromatic nitrogens is 3. The van der Waals surface area contributed by atoms with E-state index < -0.39 is 0 Å². The van der Waals surface area contributed by atoms with Gasteiger partial charge in [0.1, 0.15) is 5.82 Å². The van der Waals surface area contributed by atoms with Crippen molar-refractivity contribution in [3.8, 4) is 0 Å². The molecule has 4 rings (SSSR count). The molecule has 2 heterocycles. The lowest BCUT2D eigenvalue weighted by Crippen LogP contribution is -2.38. The van der Waals surface area contributed by atoms with Gasteiger partial charge in [-0.25, -0.2) is 4.98 Å². The summed E-state index contributed by atoms with van der Waals surface area (Å²) in [6.07, 6.45) is 3.03. The van der Waals surface area contributed by atoms with E-state index in [1.807, 2.05) is 25.2 Å². The number of H-pyrrole nitrogens is 1. The van der Waals surface area contributed by atoms with Crippen LogP contribution in [-0.4, -0.2) is 34.1 Å². The van der Waals surface area contributed by atoms with Crippen LogP contribution in [0.5, 0.6) is 0 Å². The number of halogens is 1. The average molecular weight is 502 g/mol. The van der Waals surface area contributed by atoms with E-state index in [0.717, 1.165) is 35.8 Å². The number of benzene rings is 2. The van der Waals surface area contributed by atoms with Gasteiger partial charge < -0.3 is 20.2 Å². The normalized spacial score (nSPS) is 11.6. The zero-order valence-electron chi connectivity index (χ0n) is 17.0. The molecule has 0 saturated heterocycles. The van der Waals surface area contributed by atoms with Gasteiger partial charge in [-0.05, 0) is 42.7 Å². The second kappa shape index (κ2) is 9.30. The Morgan fingerprint density at radius 1 is 1.17 bits per heavy atom. The fraction of sp³-hybridized carbons (Fsp3) is 0.273. The number of para-hydroxylation sites is 2. The fourth-order valence-corrected chi connectivity index (χ4v) is 3.56. The summed E-state index contributed by atoms with van der Waals surface area (Å²) in [5.74, 6) is 1.76. The topological polar surface area (TPSA) is 70.0 Å². The Bertz CT molecular complexity index is 1140. The smallest absolute Gasteiger partial charge is 0.191 e. The molecule has 0 aliphatic heterocycles. The number of imidazole rings is 1. The van der Waals surface area contributed by atoms with Crippen LogP contribution in [0.1, 0.15) is 17.0 Å². The van der Waals surface area contributed by atoms with Crippen molar-refractivity contribution in [2.75, 3.05) is 13.6 Å². The number of hydrogen-bond acceptors (Lipinski definition) is 2. The number of aliphatic imine (C=N–C) groups is 1. The predicted octanol–water partition coefficient (Wildman–Crippen LogP) is 3.89. The third-order valence-corrected chi connectivity index (χ3v) is 5.13. The van der Waals surface area contributed by atoms with Gasteiger partial charge in [-0.2, -0.15) is 0 Å². The van der Waals surface area contributed by atoms with E-state index in [2.05, 4.69) is 62.6 Å². The molecule has 6 nitrogen and oxygen atoms in total. The molecule has 0 aliphatic carbocycles. The van der Waals surface area contributed by atoms with Gasteiger partial charge in [-0.1, -0.05) is 24.3 Å². The Morgan fingerprint density at radius 3 is 2.79 bits per heavy atom. The van der Waals surface area contributed by atoms with Crippen LogP contribution >= 0.6 is 24.0 Å². The zero-order chi connectivity index (χ0) is 19.5. The number of nitrogens with zero attached hydrogens (tertiary/aromatic N) is 3. The Balaban J connectivity index is 0.00000240. The van der Waals surface area contributed by atoms with Crippen molar-refractivity contribution in [2.45, 2.75) is 19.9 Å². The van der Waals surface area contributed by atoms with Crippen molar-refractivity contribution >= 4 is 51.9 Å². The number of guanidine groups is 1. The van der Waals surface area contributed by atoms with Crippen LogP contribution in [0.3, 0.4) is 0 Å². The number of fused-ring (bicyclic) bond motifs is 2. The van der Waals surface area contributed by atoms with Gasteiger partial charge in [0.05, 0.1) is 17.6 Å². The van der Waals surface area contributed by atoms with Crippen LogP contribution in [-0.2, 0) is 20.0 Å². The van der Waals surface area contributed by atoms with Crippen molar-refractivity contribution in [2.24, 2.45) is 12.0 Å². The van der Waals surface area contributed by atoms with Gasteiger partial charge in [-0.15, -0.1) is 24.0 Å². The molecule has 0 unspecified atom stereocenters. The van der Waals surface area contributed by atoms with Gasteiger partial charge >= 0.3 is 0 Å². The Hall–Kier alpha value is -2.55. The average Bonchev–Trinajstić information content (AvgIpc) is 3.25. The molecule has 0 atom stereocenters. The number of rotatable bonds is 5. The highest BCUT2D eigenvalue weighted by molar-refractivity contribution is 14.0. The van der Waals surface area contributed by atoms with Crippen molar-refractivity contribution < 1.29 is 0 Å². The standard InChI is InChI=1S/C22H26N6.HI/c1-15-8-9-17-16(13-25-19(17)12-15)10-11-24-22(23-2)26-14-21-27-18-6-4-5-7-20(18)28(21)3;/h4-9,12-13,25H,10-11,14H2,1-3H3,(H2,23,24,26);1H. The van der Waals surface area contributed by atoms with Gasteiger partial charge in [0.15, 0.2) is 5.96 Å². The van der Waals surface area contributed by atoms with E-state index in [1.54, 1.807) is 7.05 Å². The van der Waals surface area contributed by atoms with E-state index in [0.29, 0.717) is 6.54 Å². The number of aromatic amines is 1. The lowest BCUT2D eigenvalue weighted by molar-refractivity contribution is 0.734. The molecular weight excluding hydrogens is 475 g/mol. The fourth-order valence-electron chi connectivity index (χ4n) is 3.56. The summed E-state index contributed by atoms with van der Waals surface area (Å²) in [6.45, 7) is 3.54. The van der Waals surface area contributed by atoms with Crippen molar-refractivity contribution in [1.29, 1.82) is 0 Å². The summed E-state index contributed by atoms with van der Waals surface area (Å²) in [5.41, 5.74) is 5.93.